The average Bonchev–Trinajstić information content (AvgIpc) is 3.00. The predicted octanol–water partition coefficient (Wildman–Crippen LogP) is -0.940. The molecule has 2 saturated heterocycles. The third-order valence-electron chi connectivity index (χ3n) is 8.51. The molecule has 2 aliphatic rings. The number of ether oxygens (including phenoxy) is 2. The Morgan fingerprint density at radius 3 is 1.00 bits per heavy atom. The molecule has 0 aliphatic carbocycles. The average molecular weight is 637 g/mol. The van der Waals surface area contributed by atoms with Crippen molar-refractivity contribution in [3.63, 3.8) is 0 Å². The molecular formula is C30H56N2O12. The van der Waals surface area contributed by atoms with Crippen LogP contribution in [0, 0.1) is 0 Å². The largest absolute Gasteiger partial charge is 0.394 e. The first kappa shape index (κ1) is 38.7. The molecule has 0 aromatic rings. The summed E-state index contributed by atoms with van der Waals surface area (Å²) >= 11 is 0. The van der Waals surface area contributed by atoms with Crippen molar-refractivity contribution in [1.82, 2.24) is 10.6 Å². The van der Waals surface area contributed by atoms with Crippen molar-refractivity contribution < 1.29 is 59.9 Å². The van der Waals surface area contributed by atoms with Crippen LogP contribution in [-0.2, 0) is 19.1 Å². The van der Waals surface area contributed by atoms with Crippen LogP contribution in [0.2, 0.25) is 0 Å². The summed E-state index contributed by atoms with van der Waals surface area (Å²) in [6.45, 7) is -1.10. The summed E-state index contributed by atoms with van der Waals surface area (Å²) in [4.78, 5) is 24.3. The van der Waals surface area contributed by atoms with Gasteiger partial charge in [0.05, 0.1) is 13.2 Å². The first-order valence-electron chi connectivity index (χ1n) is 16.3. The van der Waals surface area contributed by atoms with E-state index in [1.165, 1.54) is 25.7 Å². The van der Waals surface area contributed by atoms with E-state index in [9.17, 15) is 40.2 Å². The van der Waals surface area contributed by atoms with Gasteiger partial charge in [0.2, 0.25) is 11.8 Å². The van der Waals surface area contributed by atoms with Gasteiger partial charge in [-0.25, -0.2) is 0 Å². The standard InChI is InChI=1S/C30H56N2O12/c33-17-19-25(37)27(39)23(29(41)43-19)31-21(35)15-13-11-9-7-5-3-1-2-4-6-8-10-12-14-16-22(36)32-24-28(40)26(38)20(18-34)44-30(24)42/h19-20,23-30,33-34,37-42H,1-18H2,(H,31,35)(H,32,36)/t19-,20-,23-,24-,25-,26-,27-,28-,29?,30?/m1/s1. The monoisotopic (exact) mass is 636 g/mol. The van der Waals surface area contributed by atoms with Crippen LogP contribution in [0.1, 0.15) is 103 Å². The normalized spacial score (nSPS) is 32.4. The van der Waals surface area contributed by atoms with Gasteiger partial charge in [0.15, 0.2) is 12.6 Å². The van der Waals surface area contributed by atoms with E-state index in [0.717, 1.165) is 51.4 Å². The minimum Gasteiger partial charge on any atom is -0.394 e. The fourth-order valence-electron chi connectivity index (χ4n) is 5.71. The second kappa shape index (κ2) is 21.4. The number of hydrogen-bond donors (Lipinski definition) is 10. The van der Waals surface area contributed by atoms with Gasteiger partial charge in [-0.05, 0) is 12.8 Å². The lowest BCUT2D eigenvalue weighted by Crippen LogP contribution is -2.64. The Balaban J connectivity index is 1.36. The number of unbranched alkanes of at least 4 members (excludes halogenated alkanes) is 13. The Hall–Kier alpha value is -1.46. The quantitative estimate of drug-likeness (QED) is 0.0687. The van der Waals surface area contributed by atoms with Crippen molar-refractivity contribution in [3.05, 3.63) is 0 Å². The summed E-state index contributed by atoms with van der Waals surface area (Å²) in [5, 5.41) is 83.1. The van der Waals surface area contributed by atoms with E-state index in [2.05, 4.69) is 10.6 Å². The number of carbonyl (C=O) groups excluding carboxylic acids is 2. The first-order chi connectivity index (χ1) is 21.1. The smallest absolute Gasteiger partial charge is 0.220 e. The zero-order chi connectivity index (χ0) is 32.5. The molecule has 0 aromatic heterocycles. The maximum absolute atomic E-state index is 12.2. The number of aliphatic hydroxyl groups is 8. The molecule has 2 unspecified atom stereocenters. The van der Waals surface area contributed by atoms with Gasteiger partial charge >= 0.3 is 0 Å². The Bertz CT molecular complexity index is 744. The maximum Gasteiger partial charge on any atom is 0.220 e. The molecule has 0 spiro atoms. The van der Waals surface area contributed by atoms with Crippen LogP contribution in [0.3, 0.4) is 0 Å². The van der Waals surface area contributed by atoms with Crippen LogP contribution in [0.25, 0.3) is 0 Å². The molecule has 2 fully saturated rings. The topological polar surface area (TPSA) is 238 Å². The molecule has 0 radical (unpaired) electrons. The van der Waals surface area contributed by atoms with Crippen LogP contribution in [0.4, 0.5) is 0 Å². The van der Waals surface area contributed by atoms with Gasteiger partial charge in [0.25, 0.3) is 0 Å². The summed E-state index contributed by atoms with van der Waals surface area (Å²) in [6, 6.07) is -2.29. The predicted molar refractivity (Wildman–Crippen MR) is 158 cm³/mol. The Morgan fingerprint density at radius 2 is 0.727 bits per heavy atom. The van der Waals surface area contributed by atoms with E-state index in [0.29, 0.717) is 12.8 Å². The highest BCUT2D eigenvalue weighted by molar-refractivity contribution is 5.76. The molecule has 10 atom stereocenters. The van der Waals surface area contributed by atoms with Gasteiger partial charge in [-0.3, -0.25) is 9.59 Å². The lowest BCUT2D eigenvalue weighted by Gasteiger charge is -2.40. The highest BCUT2D eigenvalue weighted by Gasteiger charge is 2.45. The van der Waals surface area contributed by atoms with E-state index in [4.69, 9.17) is 19.7 Å². The highest BCUT2D eigenvalue weighted by atomic mass is 16.6. The van der Waals surface area contributed by atoms with Gasteiger partial charge < -0.3 is 61.0 Å². The minimum atomic E-state index is -1.50. The van der Waals surface area contributed by atoms with Gasteiger partial charge in [-0.15, -0.1) is 0 Å². The Kier molecular flexibility index (Phi) is 18.8. The van der Waals surface area contributed by atoms with Crippen molar-refractivity contribution in [2.45, 2.75) is 164 Å². The van der Waals surface area contributed by atoms with E-state index < -0.39 is 74.5 Å². The van der Waals surface area contributed by atoms with Gasteiger partial charge in [0.1, 0.15) is 48.7 Å². The van der Waals surface area contributed by atoms with Crippen LogP contribution in [0.15, 0.2) is 0 Å². The molecular weight excluding hydrogens is 580 g/mol. The fraction of sp³-hybridized carbons (Fsp3) is 0.933. The molecule has 0 saturated carbocycles. The van der Waals surface area contributed by atoms with Gasteiger partial charge in [-0.1, -0.05) is 77.0 Å². The molecule has 258 valence electrons. The second-order valence-corrected chi connectivity index (χ2v) is 12.1. The molecule has 0 aromatic carbocycles. The van der Waals surface area contributed by atoms with Crippen molar-refractivity contribution >= 4 is 11.8 Å². The lowest BCUT2D eigenvalue weighted by atomic mass is 9.97. The van der Waals surface area contributed by atoms with Crippen LogP contribution in [-0.4, -0.2) is 127 Å². The second-order valence-electron chi connectivity index (χ2n) is 12.1. The fourth-order valence-corrected chi connectivity index (χ4v) is 5.71. The van der Waals surface area contributed by atoms with Crippen molar-refractivity contribution in [1.29, 1.82) is 0 Å². The Morgan fingerprint density at radius 1 is 0.455 bits per heavy atom. The minimum absolute atomic E-state index is 0.254. The number of hydrogen-bond acceptors (Lipinski definition) is 12. The maximum atomic E-state index is 12.2. The van der Waals surface area contributed by atoms with E-state index >= 15 is 0 Å². The van der Waals surface area contributed by atoms with Gasteiger partial charge in [-0.2, -0.15) is 0 Å². The summed E-state index contributed by atoms with van der Waals surface area (Å²) < 4.78 is 10.1. The SMILES string of the molecule is O=C(CCCCCCCCCCCCCCCCC(=O)N[C@H]1C(O)O[C@H](CO)[C@@H](O)[C@@H]1O)N[C@H]1C(O)O[C@H](CO)[C@@H](O)[C@@H]1O. The van der Waals surface area contributed by atoms with E-state index in [1.807, 2.05) is 0 Å². The first-order valence-corrected chi connectivity index (χ1v) is 16.3. The van der Waals surface area contributed by atoms with Crippen LogP contribution in [0.5, 0.6) is 0 Å². The van der Waals surface area contributed by atoms with Gasteiger partial charge in [0, 0.05) is 12.8 Å². The number of rotatable bonds is 21. The van der Waals surface area contributed by atoms with E-state index in [-0.39, 0.29) is 24.7 Å². The molecule has 44 heavy (non-hydrogen) atoms. The Labute approximate surface area is 259 Å². The van der Waals surface area contributed by atoms with Crippen LogP contribution < -0.4 is 10.6 Å². The molecule has 2 heterocycles. The van der Waals surface area contributed by atoms with Crippen molar-refractivity contribution in [2.24, 2.45) is 0 Å². The summed E-state index contributed by atoms with van der Waals surface area (Å²) in [6.07, 6.45) is 4.15. The zero-order valence-electron chi connectivity index (χ0n) is 25.7. The molecule has 0 bridgehead atoms. The van der Waals surface area contributed by atoms with Crippen molar-refractivity contribution in [2.75, 3.05) is 13.2 Å². The highest BCUT2D eigenvalue weighted by Crippen LogP contribution is 2.21. The third kappa shape index (κ3) is 13.1. The lowest BCUT2D eigenvalue weighted by molar-refractivity contribution is -0.253. The molecule has 2 rings (SSSR count). The molecule has 2 amide bonds. The van der Waals surface area contributed by atoms with Crippen LogP contribution >= 0.6 is 0 Å². The van der Waals surface area contributed by atoms with Crippen molar-refractivity contribution in [3.8, 4) is 0 Å². The third-order valence-corrected chi connectivity index (χ3v) is 8.51. The summed E-state index contributed by atoms with van der Waals surface area (Å²) in [5.41, 5.74) is 0. The zero-order valence-corrected chi connectivity index (χ0v) is 25.7. The molecule has 14 heteroatoms. The molecule has 14 nitrogen and oxygen atoms in total. The number of aliphatic hydroxyl groups excluding tert-OH is 8. The number of nitrogens with one attached hydrogen (secondary N) is 2. The number of amides is 2. The molecule has 10 N–H and O–H groups in total. The summed E-state index contributed by atoms with van der Waals surface area (Å²) in [7, 11) is 0. The number of carbonyl (C=O) groups is 2. The molecule has 2 aliphatic heterocycles. The van der Waals surface area contributed by atoms with E-state index in [1.54, 1.807) is 0 Å². The summed E-state index contributed by atoms with van der Waals surface area (Å²) in [5.74, 6) is -0.661.